The Kier molecular flexibility index (Phi) is 6.47. The third kappa shape index (κ3) is 5.38. The molecule has 2 saturated carbocycles. The van der Waals surface area contributed by atoms with E-state index < -0.39 is 11.7 Å². The normalized spacial score (nSPS) is 20.8. The van der Waals surface area contributed by atoms with Gasteiger partial charge in [-0.05, 0) is 58.0 Å². The summed E-state index contributed by atoms with van der Waals surface area (Å²) in [6.07, 6.45) is 2.54. The van der Waals surface area contributed by atoms with Gasteiger partial charge in [-0.1, -0.05) is 24.8 Å². The molecule has 8 heteroatoms. The predicted molar refractivity (Wildman–Crippen MR) is 126 cm³/mol. The maximum atomic E-state index is 13.5. The van der Waals surface area contributed by atoms with E-state index in [2.05, 4.69) is 27.1 Å². The van der Waals surface area contributed by atoms with Crippen molar-refractivity contribution in [2.75, 3.05) is 26.0 Å². The molecule has 1 heterocycles. The maximum Gasteiger partial charge on any atom is 0.417 e. The number of carbonyl (C=O) groups excluding carboxylic acids is 1. The van der Waals surface area contributed by atoms with Crippen molar-refractivity contribution < 1.29 is 18.0 Å². The zero-order chi connectivity index (χ0) is 23.8. The second-order valence-electron chi connectivity index (χ2n) is 9.12. The van der Waals surface area contributed by atoms with E-state index in [0.717, 1.165) is 31.4 Å². The van der Waals surface area contributed by atoms with E-state index in [4.69, 9.17) is 0 Å². The first-order chi connectivity index (χ1) is 15.6. The number of amides is 1. The van der Waals surface area contributed by atoms with Crippen LogP contribution in [-0.2, 0) is 4.79 Å². The summed E-state index contributed by atoms with van der Waals surface area (Å²) < 4.78 is 40.6. The number of hydrogen-bond acceptors (Lipinski definition) is 4. The number of rotatable bonds is 8. The van der Waals surface area contributed by atoms with Gasteiger partial charge in [0, 0.05) is 41.0 Å². The molecule has 2 fully saturated rings. The van der Waals surface area contributed by atoms with Gasteiger partial charge in [-0.2, -0.15) is 13.2 Å². The summed E-state index contributed by atoms with van der Waals surface area (Å²) in [4.78, 5) is 18.2. The van der Waals surface area contributed by atoms with E-state index in [0.29, 0.717) is 29.1 Å². The number of alkyl halides is 3. The standard InChI is InChI=1S/C25H29F3N4O/c1-15(25(26,27)28)23-20-7-4-8-22(30-18-12-19(13-18)32(2)3)21(20)14-17(31-23)6-5-11-29-24(33)16-9-10-16/h4-8,14,16,18-19,30H,1,9-13H2,2-3H3,(H,29,33)/b6-5+. The highest BCUT2D eigenvalue weighted by atomic mass is 19.4. The van der Waals surface area contributed by atoms with Gasteiger partial charge in [0.05, 0.1) is 17.0 Å². The molecule has 2 N–H and O–H groups in total. The van der Waals surface area contributed by atoms with Crippen LogP contribution in [0.2, 0.25) is 0 Å². The summed E-state index contributed by atoms with van der Waals surface area (Å²) in [5.41, 5.74) is 0.0194. The minimum atomic E-state index is -4.59. The summed E-state index contributed by atoms with van der Waals surface area (Å²) in [7, 11) is 4.09. The Balaban J connectivity index is 1.62. The molecule has 0 aliphatic heterocycles. The largest absolute Gasteiger partial charge is 0.417 e. The van der Waals surface area contributed by atoms with E-state index in [9.17, 15) is 18.0 Å². The molecule has 1 amide bonds. The lowest BCUT2D eigenvalue weighted by Gasteiger charge is -2.40. The van der Waals surface area contributed by atoms with Crippen molar-refractivity contribution in [2.24, 2.45) is 5.92 Å². The number of fused-ring (bicyclic) bond motifs is 1. The van der Waals surface area contributed by atoms with Gasteiger partial charge >= 0.3 is 6.18 Å². The van der Waals surface area contributed by atoms with Gasteiger partial charge in [-0.3, -0.25) is 4.79 Å². The van der Waals surface area contributed by atoms with Gasteiger partial charge in [0.25, 0.3) is 0 Å². The Morgan fingerprint density at radius 1 is 1.24 bits per heavy atom. The number of pyridine rings is 1. The van der Waals surface area contributed by atoms with Crippen molar-refractivity contribution in [1.82, 2.24) is 15.2 Å². The van der Waals surface area contributed by atoms with E-state index in [-0.39, 0.29) is 23.6 Å². The monoisotopic (exact) mass is 458 g/mol. The molecule has 0 radical (unpaired) electrons. The topological polar surface area (TPSA) is 57.3 Å². The second-order valence-corrected chi connectivity index (χ2v) is 9.12. The minimum absolute atomic E-state index is 0.0141. The number of aromatic nitrogens is 1. The molecular formula is C25H29F3N4O. The van der Waals surface area contributed by atoms with Gasteiger partial charge in [0.1, 0.15) is 0 Å². The van der Waals surface area contributed by atoms with Crippen LogP contribution in [-0.4, -0.2) is 54.7 Å². The van der Waals surface area contributed by atoms with Crippen LogP contribution < -0.4 is 10.6 Å². The van der Waals surface area contributed by atoms with E-state index in [1.807, 2.05) is 20.2 Å². The third-order valence-electron chi connectivity index (χ3n) is 6.36. The molecule has 0 spiro atoms. The van der Waals surface area contributed by atoms with Crippen molar-refractivity contribution in [3.8, 4) is 0 Å². The van der Waals surface area contributed by atoms with Crippen LogP contribution in [0.15, 0.2) is 36.9 Å². The number of halogens is 3. The lowest BCUT2D eigenvalue weighted by atomic mass is 9.85. The first-order valence-electron chi connectivity index (χ1n) is 11.2. The summed E-state index contributed by atoms with van der Waals surface area (Å²) in [6, 6.07) is 7.82. The van der Waals surface area contributed by atoms with Gasteiger partial charge in [0.15, 0.2) is 0 Å². The van der Waals surface area contributed by atoms with Crippen molar-refractivity contribution >= 4 is 34.0 Å². The molecule has 33 heavy (non-hydrogen) atoms. The Morgan fingerprint density at radius 2 is 1.97 bits per heavy atom. The van der Waals surface area contributed by atoms with Crippen molar-refractivity contribution in [3.63, 3.8) is 0 Å². The van der Waals surface area contributed by atoms with Crippen molar-refractivity contribution in [2.45, 2.75) is 43.9 Å². The quantitative estimate of drug-likeness (QED) is 0.594. The fraction of sp³-hybridized carbons (Fsp3) is 0.440. The molecule has 176 valence electrons. The van der Waals surface area contributed by atoms with Crippen molar-refractivity contribution in [1.29, 1.82) is 0 Å². The van der Waals surface area contributed by atoms with E-state index >= 15 is 0 Å². The summed E-state index contributed by atoms with van der Waals surface area (Å²) in [5.74, 6) is 0.117. The Bertz CT molecular complexity index is 1080. The van der Waals surface area contributed by atoms with Crippen LogP contribution >= 0.6 is 0 Å². The third-order valence-corrected chi connectivity index (χ3v) is 6.36. The smallest absolute Gasteiger partial charge is 0.382 e. The molecule has 0 atom stereocenters. The molecule has 0 bridgehead atoms. The van der Waals surface area contributed by atoms with Crippen molar-refractivity contribution in [3.05, 3.63) is 48.3 Å². The molecule has 1 aromatic heterocycles. The highest BCUT2D eigenvalue weighted by Gasteiger charge is 2.35. The second kappa shape index (κ2) is 9.17. The molecule has 2 aliphatic rings. The van der Waals surface area contributed by atoms with Crippen LogP contribution in [0.1, 0.15) is 37.1 Å². The number of hydrogen-bond donors (Lipinski definition) is 2. The summed E-state index contributed by atoms with van der Waals surface area (Å²) in [5, 5.41) is 7.38. The van der Waals surface area contributed by atoms with Gasteiger partial charge in [-0.25, -0.2) is 4.98 Å². The average molecular weight is 459 g/mol. The molecule has 4 rings (SSSR count). The van der Waals surface area contributed by atoms with Gasteiger partial charge in [0.2, 0.25) is 5.91 Å². The number of benzene rings is 1. The highest BCUT2D eigenvalue weighted by molar-refractivity contribution is 6.00. The van der Waals surface area contributed by atoms with Crippen LogP contribution in [0.5, 0.6) is 0 Å². The van der Waals surface area contributed by atoms with E-state index in [1.165, 1.54) is 0 Å². The lowest BCUT2D eigenvalue weighted by molar-refractivity contribution is -0.122. The number of anilines is 1. The fourth-order valence-corrected chi connectivity index (χ4v) is 4.05. The molecule has 5 nitrogen and oxygen atoms in total. The number of carbonyl (C=O) groups is 1. The fourth-order valence-electron chi connectivity index (χ4n) is 4.05. The molecule has 1 aromatic carbocycles. The molecule has 0 unspecified atom stereocenters. The highest BCUT2D eigenvalue weighted by Crippen LogP contribution is 2.38. The first kappa shape index (κ1) is 23.3. The van der Waals surface area contributed by atoms with Crippen LogP contribution in [0.25, 0.3) is 22.4 Å². The van der Waals surface area contributed by atoms with Crippen LogP contribution in [0.3, 0.4) is 0 Å². The number of nitrogens with one attached hydrogen (secondary N) is 2. The zero-order valence-corrected chi connectivity index (χ0v) is 18.9. The van der Waals surface area contributed by atoms with Crippen LogP contribution in [0, 0.1) is 5.92 Å². The molecular weight excluding hydrogens is 429 g/mol. The Morgan fingerprint density at radius 3 is 2.61 bits per heavy atom. The molecule has 2 aliphatic carbocycles. The average Bonchev–Trinajstić information content (AvgIpc) is 3.57. The zero-order valence-electron chi connectivity index (χ0n) is 18.9. The summed E-state index contributed by atoms with van der Waals surface area (Å²) in [6.45, 7) is 3.59. The number of nitrogens with zero attached hydrogens (tertiary/aromatic N) is 2. The Hall–Kier alpha value is -2.87. The Labute approximate surface area is 191 Å². The van der Waals surface area contributed by atoms with Crippen LogP contribution in [0.4, 0.5) is 18.9 Å². The molecule has 0 saturated heterocycles. The number of allylic oxidation sites excluding steroid dienone is 1. The minimum Gasteiger partial charge on any atom is -0.382 e. The van der Waals surface area contributed by atoms with Gasteiger partial charge < -0.3 is 15.5 Å². The maximum absolute atomic E-state index is 13.5. The van der Waals surface area contributed by atoms with Gasteiger partial charge in [-0.15, -0.1) is 0 Å². The molecule has 2 aromatic rings. The summed E-state index contributed by atoms with van der Waals surface area (Å²) >= 11 is 0. The first-order valence-corrected chi connectivity index (χ1v) is 11.2. The van der Waals surface area contributed by atoms with E-state index in [1.54, 1.807) is 30.4 Å². The predicted octanol–water partition coefficient (Wildman–Crippen LogP) is 4.85. The SMILES string of the molecule is C=C(c1nc(/C=C/CNC(=O)C2CC2)cc2c(NC3CC(N(C)C)C3)cccc12)C(F)(F)F. The lowest BCUT2D eigenvalue weighted by Crippen LogP contribution is -2.46.